The number of ether oxygens (including phenoxy) is 2. The van der Waals surface area contributed by atoms with Crippen LogP contribution in [0.2, 0.25) is 0 Å². The van der Waals surface area contributed by atoms with E-state index in [1.165, 1.54) is 11.1 Å². The predicted molar refractivity (Wildman–Crippen MR) is 82.7 cm³/mol. The molecular formula is C18H27O2W-. The second-order valence-electron chi connectivity index (χ2n) is 7.90. The van der Waals surface area contributed by atoms with Gasteiger partial charge < -0.3 is 9.47 Å². The van der Waals surface area contributed by atoms with Gasteiger partial charge in [-0.25, -0.2) is 0 Å². The molecule has 1 aliphatic rings. The number of rotatable bonds is 1. The van der Waals surface area contributed by atoms with Gasteiger partial charge in [-0.3, -0.25) is 0 Å². The van der Waals surface area contributed by atoms with Crippen molar-refractivity contribution < 1.29 is 30.5 Å². The van der Waals surface area contributed by atoms with Crippen LogP contribution in [0.25, 0.3) is 0 Å². The molecule has 0 fully saturated rings. The van der Waals surface area contributed by atoms with Gasteiger partial charge in [0.25, 0.3) is 0 Å². The average molecular weight is 459 g/mol. The van der Waals surface area contributed by atoms with Gasteiger partial charge >= 0.3 is 0 Å². The van der Waals surface area contributed by atoms with Crippen LogP contribution in [0.15, 0.2) is 6.07 Å². The smallest absolute Gasteiger partial charge is 0.0884 e. The first-order chi connectivity index (χ1) is 9.17. The first-order valence-electron chi connectivity index (χ1n) is 7.52. The molecule has 0 N–H and O–H groups in total. The van der Waals surface area contributed by atoms with Crippen LogP contribution in [0, 0.1) is 11.5 Å². The molecule has 0 atom stereocenters. The molecular weight excluding hydrogens is 432 g/mol. The summed E-state index contributed by atoms with van der Waals surface area (Å²) in [7, 11) is 0. The van der Waals surface area contributed by atoms with E-state index in [9.17, 15) is 0 Å². The minimum absolute atomic E-state index is 0. The van der Waals surface area contributed by atoms with Gasteiger partial charge in [0.05, 0.1) is 19.0 Å². The number of fused-ring (bicyclic) bond motifs is 1. The summed E-state index contributed by atoms with van der Waals surface area (Å²) in [5.41, 5.74) is 2.73. The standard InChI is InChI=1S/C18H27O2.W/c1-17(2,3)12-13-10-14(18(4,5)6)16-15(11-13)19-8-7-9-20-16;/h10H,7-9,12H2,1-6H3;/q-1;. The summed E-state index contributed by atoms with van der Waals surface area (Å²) in [5, 5.41) is 0. The summed E-state index contributed by atoms with van der Waals surface area (Å²) in [5.74, 6) is 1.70. The Bertz CT molecular complexity index is 481. The molecule has 118 valence electrons. The first kappa shape index (κ1) is 18.6. The molecule has 0 aliphatic carbocycles. The number of hydrogen-bond acceptors (Lipinski definition) is 2. The van der Waals surface area contributed by atoms with Gasteiger partial charge in [0, 0.05) is 33.2 Å². The molecule has 0 saturated carbocycles. The first-order valence-corrected chi connectivity index (χ1v) is 7.52. The maximum absolute atomic E-state index is 5.93. The van der Waals surface area contributed by atoms with Crippen LogP contribution >= 0.6 is 0 Å². The summed E-state index contributed by atoms with van der Waals surface area (Å²) >= 11 is 0. The second kappa shape index (κ2) is 6.73. The minimum atomic E-state index is 0. The zero-order chi connectivity index (χ0) is 15.0. The Morgan fingerprint density at radius 2 is 1.67 bits per heavy atom. The van der Waals surface area contributed by atoms with Crippen LogP contribution in [0.5, 0.6) is 11.5 Å². The summed E-state index contributed by atoms with van der Waals surface area (Å²) in [6.07, 6.45) is 1.92. The molecule has 1 aromatic rings. The Labute approximate surface area is 143 Å². The maximum atomic E-state index is 5.93. The van der Waals surface area contributed by atoms with E-state index in [-0.39, 0.29) is 31.9 Å². The largest absolute Gasteiger partial charge is 0.547 e. The van der Waals surface area contributed by atoms with Crippen LogP contribution < -0.4 is 9.47 Å². The third-order valence-corrected chi connectivity index (χ3v) is 3.35. The number of hydrogen-bond donors (Lipinski definition) is 0. The molecule has 2 nitrogen and oxygen atoms in total. The van der Waals surface area contributed by atoms with Gasteiger partial charge in [-0.1, -0.05) is 41.5 Å². The monoisotopic (exact) mass is 459 g/mol. The zero-order valence-corrected chi connectivity index (χ0v) is 17.1. The van der Waals surface area contributed by atoms with Crippen molar-refractivity contribution >= 4 is 0 Å². The van der Waals surface area contributed by atoms with Gasteiger partial charge in [0.2, 0.25) is 0 Å². The van der Waals surface area contributed by atoms with Crippen molar-refractivity contribution in [3.63, 3.8) is 0 Å². The Hall–Kier alpha value is -0.492. The van der Waals surface area contributed by atoms with E-state index >= 15 is 0 Å². The zero-order valence-electron chi connectivity index (χ0n) is 14.1. The van der Waals surface area contributed by atoms with Gasteiger partial charge in [-0.2, -0.15) is 11.6 Å². The molecule has 1 heterocycles. The minimum Gasteiger partial charge on any atom is -0.547 e. The average Bonchev–Trinajstić information content (AvgIpc) is 2.49. The van der Waals surface area contributed by atoms with E-state index < -0.39 is 0 Å². The summed E-state index contributed by atoms with van der Waals surface area (Å²) in [6, 6.07) is 5.68. The fourth-order valence-corrected chi connectivity index (χ4v) is 2.48. The van der Waals surface area contributed by atoms with E-state index in [1.807, 2.05) is 0 Å². The van der Waals surface area contributed by atoms with Crippen LogP contribution in [0.3, 0.4) is 0 Å². The van der Waals surface area contributed by atoms with E-state index in [0.717, 1.165) is 30.9 Å². The molecule has 0 saturated heterocycles. The molecule has 1 aromatic carbocycles. The SMILES string of the molecule is CC(C)(C)Cc1[c-]c2c(c(C(C)(C)C)c1)OCCCO2.[W]. The Balaban J connectivity index is 0.00000220. The molecule has 0 unspecified atom stereocenters. The van der Waals surface area contributed by atoms with Crippen molar-refractivity contribution in [3.8, 4) is 11.5 Å². The van der Waals surface area contributed by atoms with Crippen molar-refractivity contribution in [1.29, 1.82) is 0 Å². The van der Waals surface area contributed by atoms with E-state index in [2.05, 4.69) is 53.7 Å². The van der Waals surface area contributed by atoms with Gasteiger partial charge in [0.1, 0.15) is 0 Å². The normalized spacial score (nSPS) is 15.1. The molecule has 0 amide bonds. The molecule has 0 bridgehead atoms. The van der Waals surface area contributed by atoms with Crippen molar-refractivity contribution in [2.75, 3.05) is 13.2 Å². The van der Waals surface area contributed by atoms with Crippen molar-refractivity contribution in [2.24, 2.45) is 5.41 Å². The van der Waals surface area contributed by atoms with E-state index in [4.69, 9.17) is 9.47 Å². The van der Waals surface area contributed by atoms with Crippen molar-refractivity contribution in [3.05, 3.63) is 23.3 Å². The van der Waals surface area contributed by atoms with Crippen LogP contribution in [-0.2, 0) is 32.9 Å². The van der Waals surface area contributed by atoms with Crippen molar-refractivity contribution in [2.45, 2.75) is 59.8 Å². The molecule has 2 rings (SSSR count). The topological polar surface area (TPSA) is 18.5 Å². The fraction of sp³-hybridized carbons (Fsp3) is 0.667. The predicted octanol–water partition coefficient (Wildman–Crippen LogP) is 4.53. The maximum Gasteiger partial charge on any atom is 0.0884 e. The van der Waals surface area contributed by atoms with Crippen LogP contribution in [0.4, 0.5) is 0 Å². The molecule has 21 heavy (non-hydrogen) atoms. The van der Waals surface area contributed by atoms with Crippen molar-refractivity contribution in [1.82, 2.24) is 0 Å². The summed E-state index contributed by atoms with van der Waals surface area (Å²) < 4.78 is 11.8. The molecule has 1 aliphatic heterocycles. The molecule has 3 heteroatoms. The number of benzene rings is 1. The third kappa shape index (κ3) is 5.02. The van der Waals surface area contributed by atoms with Gasteiger partial charge in [-0.05, 0) is 17.3 Å². The fourth-order valence-electron chi connectivity index (χ4n) is 2.48. The second-order valence-corrected chi connectivity index (χ2v) is 7.90. The van der Waals surface area contributed by atoms with E-state index in [0.29, 0.717) is 6.61 Å². The van der Waals surface area contributed by atoms with Gasteiger partial charge in [0.15, 0.2) is 0 Å². The summed E-state index contributed by atoms with van der Waals surface area (Å²) in [6.45, 7) is 14.9. The van der Waals surface area contributed by atoms with Crippen LogP contribution in [0.1, 0.15) is 59.1 Å². The molecule has 0 aromatic heterocycles. The van der Waals surface area contributed by atoms with Gasteiger partial charge in [-0.15, -0.1) is 11.6 Å². The Morgan fingerprint density at radius 1 is 1.05 bits per heavy atom. The third-order valence-electron chi connectivity index (χ3n) is 3.35. The van der Waals surface area contributed by atoms with E-state index in [1.54, 1.807) is 0 Å². The Kier molecular flexibility index (Phi) is 5.95. The molecule has 0 radical (unpaired) electrons. The van der Waals surface area contributed by atoms with Crippen LogP contribution in [-0.4, -0.2) is 13.2 Å². The Morgan fingerprint density at radius 3 is 2.24 bits per heavy atom. The quantitative estimate of drug-likeness (QED) is 0.575. The molecule has 0 spiro atoms. The summed E-state index contributed by atoms with van der Waals surface area (Å²) in [4.78, 5) is 0.